The quantitative estimate of drug-likeness (QED) is 0.689. The molecule has 0 heterocycles. The van der Waals surface area contributed by atoms with Crippen LogP contribution >= 0.6 is 0 Å². The Morgan fingerprint density at radius 3 is 2.36 bits per heavy atom. The summed E-state index contributed by atoms with van der Waals surface area (Å²) in [7, 11) is 0. The van der Waals surface area contributed by atoms with Crippen molar-refractivity contribution in [3.05, 3.63) is 70.0 Å². The fourth-order valence-corrected chi connectivity index (χ4v) is 4.33. The van der Waals surface area contributed by atoms with E-state index in [9.17, 15) is 18.8 Å². The van der Waals surface area contributed by atoms with Gasteiger partial charge in [-0.15, -0.1) is 0 Å². The Balaban J connectivity index is 1.69. The van der Waals surface area contributed by atoms with E-state index in [1.165, 1.54) is 6.07 Å². The molecule has 1 aliphatic rings. The summed E-state index contributed by atoms with van der Waals surface area (Å²) in [5, 5.41) is 0. The SMILES string of the molecule is Cc1cc(C)c(C2C(=O)CC(CC(=O)CCc3ccccc3F)C2=O)c(C)c1. The van der Waals surface area contributed by atoms with Crippen molar-refractivity contribution in [3.63, 3.8) is 0 Å². The van der Waals surface area contributed by atoms with E-state index in [1.54, 1.807) is 18.2 Å². The number of aryl methyl sites for hydroxylation is 4. The molecular weight excluding hydrogens is 355 g/mol. The Morgan fingerprint density at radius 2 is 1.71 bits per heavy atom. The normalized spacial score (nSPS) is 19.3. The van der Waals surface area contributed by atoms with Gasteiger partial charge in [-0.2, -0.15) is 0 Å². The van der Waals surface area contributed by atoms with Crippen LogP contribution < -0.4 is 0 Å². The average molecular weight is 380 g/mol. The predicted octanol–water partition coefficient (Wildman–Crippen LogP) is 4.58. The first-order chi connectivity index (χ1) is 13.3. The van der Waals surface area contributed by atoms with Crippen LogP contribution in [-0.2, 0) is 20.8 Å². The Hall–Kier alpha value is -2.62. The number of hydrogen-bond acceptors (Lipinski definition) is 3. The second-order valence-corrected chi connectivity index (χ2v) is 7.85. The highest BCUT2D eigenvalue weighted by molar-refractivity contribution is 6.15. The first kappa shape index (κ1) is 20.1. The van der Waals surface area contributed by atoms with E-state index in [4.69, 9.17) is 0 Å². The molecule has 28 heavy (non-hydrogen) atoms. The minimum Gasteiger partial charge on any atom is -0.300 e. The van der Waals surface area contributed by atoms with Gasteiger partial charge in [0.15, 0.2) is 5.78 Å². The largest absolute Gasteiger partial charge is 0.300 e. The van der Waals surface area contributed by atoms with Gasteiger partial charge in [0.1, 0.15) is 23.3 Å². The molecule has 146 valence electrons. The van der Waals surface area contributed by atoms with Crippen molar-refractivity contribution in [1.29, 1.82) is 0 Å². The third-order valence-corrected chi connectivity index (χ3v) is 5.59. The third-order valence-electron chi connectivity index (χ3n) is 5.59. The van der Waals surface area contributed by atoms with E-state index < -0.39 is 11.8 Å². The lowest BCUT2D eigenvalue weighted by Gasteiger charge is -2.16. The molecule has 2 atom stereocenters. The molecule has 0 saturated heterocycles. The van der Waals surface area contributed by atoms with Crippen LogP contribution in [0.2, 0.25) is 0 Å². The summed E-state index contributed by atoms with van der Waals surface area (Å²) in [6, 6.07) is 10.3. The molecule has 1 fully saturated rings. The highest BCUT2D eigenvalue weighted by Gasteiger charge is 2.43. The molecule has 1 aliphatic carbocycles. The van der Waals surface area contributed by atoms with E-state index in [0.29, 0.717) is 12.0 Å². The Kier molecular flexibility index (Phi) is 5.87. The number of halogens is 1. The molecule has 0 amide bonds. The van der Waals surface area contributed by atoms with Crippen LogP contribution in [0.1, 0.15) is 53.0 Å². The average Bonchev–Trinajstić information content (AvgIpc) is 2.88. The lowest BCUT2D eigenvalue weighted by molar-refractivity contribution is -0.127. The fraction of sp³-hybridized carbons (Fsp3) is 0.375. The monoisotopic (exact) mass is 380 g/mol. The van der Waals surface area contributed by atoms with Crippen LogP contribution in [-0.4, -0.2) is 17.3 Å². The Morgan fingerprint density at radius 1 is 1.07 bits per heavy atom. The molecule has 0 aliphatic heterocycles. The van der Waals surface area contributed by atoms with E-state index >= 15 is 0 Å². The first-order valence-electron chi connectivity index (χ1n) is 9.67. The number of rotatable bonds is 6. The number of hydrogen-bond donors (Lipinski definition) is 0. The molecule has 0 bridgehead atoms. The summed E-state index contributed by atoms with van der Waals surface area (Å²) >= 11 is 0. The molecule has 3 rings (SSSR count). The minimum absolute atomic E-state index is 0.0550. The molecule has 1 saturated carbocycles. The lowest BCUT2D eigenvalue weighted by atomic mass is 9.86. The van der Waals surface area contributed by atoms with Gasteiger partial charge in [0.2, 0.25) is 0 Å². The summed E-state index contributed by atoms with van der Waals surface area (Å²) in [4.78, 5) is 37.9. The van der Waals surface area contributed by atoms with E-state index in [1.807, 2.05) is 32.9 Å². The highest BCUT2D eigenvalue weighted by atomic mass is 19.1. The van der Waals surface area contributed by atoms with Crippen molar-refractivity contribution in [2.75, 3.05) is 0 Å². The van der Waals surface area contributed by atoms with Gasteiger partial charge in [0.25, 0.3) is 0 Å². The molecule has 2 aromatic carbocycles. The van der Waals surface area contributed by atoms with Crippen LogP contribution in [0.25, 0.3) is 0 Å². The zero-order valence-electron chi connectivity index (χ0n) is 16.5. The van der Waals surface area contributed by atoms with E-state index in [2.05, 4.69) is 0 Å². The maximum absolute atomic E-state index is 13.7. The summed E-state index contributed by atoms with van der Waals surface area (Å²) in [5.74, 6) is -2.01. The standard InChI is InChI=1S/C24H25FO3/c1-14-10-15(2)22(16(3)11-14)23-21(27)13-18(24(23)28)12-19(26)9-8-17-6-4-5-7-20(17)25/h4-7,10-11,18,23H,8-9,12-13H2,1-3H3. The molecule has 2 unspecified atom stereocenters. The number of benzene rings is 2. The van der Waals surface area contributed by atoms with Gasteiger partial charge in [0.05, 0.1) is 0 Å². The van der Waals surface area contributed by atoms with Gasteiger partial charge in [-0.3, -0.25) is 14.4 Å². The van der Waals surface area contributed by atoms with Crippen molar-refractivity contribution < 1.29 is 18.8 Å². The predicted molar refractivity (Wildman–Crippen MR) is 106 cm³/mol. The third kappa shape index (κ3) is 4.11. The molecule has 4 heteroatoms. The molecule has 2 aromatic rings. The minimum atomic E-state index is -0.759. The molecule has 3 nitrogen and oxygen atoms in total. The number of carbonyl (C=O) groups excluding carboxylic acids is 3. The maximum atomic E-state index is 13.7. The second-order valence-electron chi connectivity index (χ2n) is 7.85. The molecule has 0 aromatic heterocycles. The van der Waals surface area contributed by atoms with Gasteiger partial charge in [-0.05, 0) is 55.5 Å². The summed E-state index contributed by atoms with van der Waals surface area (Å²) in [6.45, 7) is 5.82. The Labute approximate surface area is 165 Å². The van der Waals surface area contributed by atoms with Gasteiger partial charge < -0.3 is 0 Å². The van der Waals surface area contributed by atoms with Crippen LogP contribution in [0, 0.1) is 32.5 Å². The zero-order chi connectivity index (χ0) is 20.4. The summed E-state index contributed by atoms with van der Waals surface area (Å²) in [6.07, 6.45) is 0.646. The van der Waals surface area contributed by atoms with Gasteiger partial charge >= 0.3 is 0 Å². The van der Waals surface area contributed by atoms with Gasteiger partial charge in [-0.1, -0.05) is 35.9 Å². The van der Waals surface area contributed by atoms with Gasteiger partial charge in [0, 0.05) is 25.2 Å². The molecule has 0 radical (unpaired) electrons. The Bertz CT molecular complexity index is 922. The second kappa shape index (κ2) is 8.17. The van der Waals surface area contributed by atoms with Crippen molar-refractivity contribution in [1.82, 2.24) is 0 Å². The topological polar surface area (TPSA) is 51.2 Å². The summed E-state index contributed by atoms with van der Waals surface area (Å²) in [5.41, 5.74) is 4.26. The van der Waals surface area contributed by atoms with Crippen LogP contribution in [0.5, 0.6) is 0 Å². The van der Waals surface area contributed by atoms with Crippen molar-refractivity contribution >= 4 is 17.3 Å². The van der Waals surface area contributed by atoms with Crippen LogP contribution in [0.15, 0.2) is 36.4 Å². The highest BCUT2D eigenvalue weighted by Crippen LogP contribution is 2.37. The van der Waals surface area contributed by atoms with Crippen LogP contribution in [0.3, 0.4) is 0 Å². The fourth-order valence-electron chi connectivity index (χ4n) is 4.33. The van der Waals surface area contributed by atoms with E-state index in [-0.39, 0.29) is 42.4 Å². The van der Waals surface area contributed by atoms with E-state index in [0.717, 1.165) is 22.3 Å². The van der Waals surface area contributed by atoms with Crippen molar-refractivity contribution in [2.24, 2.45) is 5.92 Å². The first-order valence-corrected chi connectivity index (χ1v) is 9.67. The lowest BCUT2D eigenvalue weighted by Crippen LogP contribution is -2.19. The number of carbonyl (C=O) groups is 3. The van der Waals surface area contributed by atoms with Crippen LogP contribution in [0.4, 0.5) is 4.39 Å². The smallest absolute Gasteiger partial charge is 0.151 e. The summed E-state index contributed by atoms with van der Waals surface area (Å²) < 4.78 is 13.7. The number of ketones is 3. The number of Topliss-reactive ketones (excluding diaryl/α,β-unsaturated/α-hetero) is 3. The molecule has 0 spiro atoms. The van der Waals surface area contributed by atoms with Crippen molar-refractivity contribution in [3.8, 4) is 0 Å². The van der Waals surface area contributed by atoms with Gasteiger partial charge in [-0.25, -0.2) is 4.39 Å². The zero-order valence-corrected chi connectivity index (χ0v) is 16.5. The maximum Gasteiger partial charge on any atom is 0.151 e. The molecule has 0 N–H and O–H groups in total. The van der Waals surface area contributed by atoms with Crippen molar-refractivity contribution in [2.45, 2.75) is 52.4 Å². The molecular formula is C24H25FO3.